The highest BCUT2D eigenvalue weighted by Crippen LogP contribution is 2.49. The monoisotopic (exact) mass is 486 g/mol. The standard InChI is InChI=1S/C22H21F3O3S3/c1-6-28-20(27)13-14(11-7-9-12(10-8-11)22(23,24)25)30-17-15(13)31-18(16(17)29-5)19(26)21(2,3)4/h7-10H,6H2,1-5H3. The molecule has 0 radical (unpaired) electrons. The maximum atomic E-state index is 13.0. The number of thiophene rings is 2. The molecule has 0 atom stereocenters. The number of rotatable bonds is 5. The average molecular weight is 487 g/mol. The summed E-state index contributed by atoms with van der Waals surface area (Å²) in [6, 6.07) is 4.73. The van der Waals surface area contributed by atoms with Crippen LogP contribution in [0.4, 0.5) is 13.2 Å². The molecular formula is C22H21F3O3S3. The average Bonchev–Trinajstić information content (AvgIpc) is 3.21. The molecule has 0 saturated carbocycles. The number of hydrogen-bond donors (Lipinski definition) is 0. The minimum Gasteiger partial charge on any atom is -0.462 e. The van der Waals surface area contributed by atoms with Gasteiger partial charge in [0.1, 0.15) is 0 Å². The maximum absolute atomic E-state index is 13.0. The van der Waals surface area contributed by atoms with Gasteiger partial charge in [0.15, 0.2) is 5.78 Å². The summed E-state index contributed by atoms with van der Waals surface area (Å²) in [6.45, 7) is 7.38. The van der Waals surface area contributed by atoms with Crippen LogP contribution in [-0.2, 0) is 10.9 Å². The quantitative estimate of drug-likeness (QED) is 0.210. The van der Waals surface area contributed by atoms with E-state index in [4.69, 9.17) is 4.74 Å². The molecule has 0 aliphatic heterocycles. The third-order valence-corrected chi connectivity index (χ3v) is 8.19. The molecule has 0 saturated heterocycles. The highest BCUT2D eigenvalue weighted by Gasteiger charge is 2.33. The van der Waals surface area contributed by atoms with Gasteiger partial charge >= 0.3 is 12.1 Å². The van der Waals surface area contributed by atoms with Crippen molar-refractivity contribution in [1.29, 1.82) is 0 Å². The largest absolute Gasteiger partial charge is 0.462 e. The summed E-state index contributed by atoms with van der Waals surface area (Å²) < 4.78 is 45.5. The van der Waals surface area contributed by atoms with Crippen molar-refractivity contribution in [3.63, 3.8) is 0 Å². The first kappa shape index (κ1) is 23.8. The molecule has 1 aromatic carbocycles. The molecule has 2 aromatic heterocycles. The molecule has 31 heavy (non-hydrogen) atoms. The van der Waals surface area contributed by atoms with Crippen molar-refractivity contribution < 1.29 is 27.5 Å². The Kier molecular flexibility index (Phi) is 6.60. The van der Waals surface area contributed by atoms with Gasteiger partial charge in [-0.25, -0.2) is 4.79 Å². The number of esters is 1. The molecule has 0 bridgehead atoms. The Balaban J connectivity index is 2.25. The van der Waals surface area contributed by atoms with Crippen molar-refractivity contribution in [2.45, 2.75) is 38.8 Å². The van der Waals surface area contributed by atoms with Crippen LogP contribution in [0.3, 0.4) is 0 Å². The second-order valence-electron chi connectivity index (χ2n) is 7.80. The minimum atomic E-state index is -4.44. The van der Waals surface area contributed by atoms with E-state index >= 15 is 0 Å². The highest BCUT2D eigenvalue weighted by atomic mass is 32.2. The van der Waals surface area contributed by atoms with Crippen LogP contribution >= 0.6 is 34.4 Å². The minimum absolute atomic E-state index is 0.0175. The van der Waals surface area contributed by atoms with Crippen LogP contribution in [0, 0.1) is 5.41 Å². The van der Waals surface area contributed by atoms with Crippen LogP contribution in [0.15, 0.2) is 29.2 Å². The van der Waals surface area contributed by atoms with Crippen LogP contribution in [0.5, 0.6) is 0 Å². The van der Waals surface area contributed by atoms with Crippen molar-refractivity contribution in [1.82, 2.24) is 0 Å². The van der Waals surface area contributed by atoms with Gasteiger partial charge in [-0.3, -0.25) is 4.79 Å². The summed E-state index contributed by atoms with van der Waals surface area (Å²) in [5.74, 6) is -0.566. The molecule has 0 unspecified atom stereocenters. The van der Waals surface area contributed by atoms with E-state index < -0.39 is 23.1 Å². The number of thioether (sulfide) groups is 1. The van der Waals surface area contributed by atoms with E-state index in [2.05, 4.69) is 0 Å². The second kappa shape index (κ2) is 8.60. The lowest BCUT2D eigenvalue weighted by atomic mass is 9.90. The fourth-order valence-electron chi connectivity index (χ4n) is 2.99. The molecule has 3 rings (SSSR count). The lowest BCUT2D eigenvalue weighted by Crippen LogP contribution is -2.19. The number of carbonyl (C=O) groups is 2. The van der Waals surface area contributed by atoms with Crippen LogP contribution < -0.4 is 0 Å². The van der Waals surface area contributed by atoms with Crippen molar-refractivity contribution >= 4 is 55.6 Å². The first-order valence-electron chi connectivity index (χ1n) is 9.43. The third-order valence-electron chi connectivity index (χ3n) is 4.53. The predicted molar refractivity (Wildman–Crippen MR) is 122 cm³/mol. The molecule has 166 valence electrons. The Hall–Kier alpha value is -1.84. The third kappa shape index (κ3) is 4.54. The zero-order valence-corrected chi connectivity index (χ0v) is 20.0. The molecule has 3 aromatic rings. The first-order chi connectivity index (χ1) is 14.4. The Bertz CT molecular complexity index is 1130. The summed E-state index contributed by atoms with van der Waals surface area (Å²) in [6.07, 6.45) is -2.57. The molecule has 3 nitrogen and oxygen atoms in total. The van der Waals surface area contributed by atoms with Gasteiger partial charge in [-0.05, 0) is 30.9 Å². The number of Topliss-reactive ketones (excluding diaryl/α,β-unsaturated/α-hetero) is 1. The zero-order chi connectivity index (χ0) is 23.1. The van der Waals surface area contributed by atoms with Gasteiger partial charge in [0.2, 0.25) is 0 Å². The smallest absolute Gasteiger partial charge is 0.416 e. The van der Waals surface area contributed by atoms with E-state index in [1.165, 1.54) is 46.6 Å². The van der Waals surface area contributed by atoms with Crippen LogP contribution in [-0.4, -0.2) is 24.6 Å². The van der Waals surface area contributed by atoms with Crippen LogP contribution in [0.2, 0.25) is 0 Å². The second-order valence-corrected chi connectivity index (χ2v) is 10.7. The fraction of sp³-hybridized carbons (Fsp3) is 0.364. The molecular weight excluding hydrogens is 465 g/mol. The highest BCUT2D eigenvalue weighted by molar-refractivity contribution is 7.99. The molecule has 0 aliphatic rings. The maximum Gasteiger partial charge on any atom is 0.416 e. The molecule has 0 spiro atoms. The van der Waals surface area contributed by atoms with E-state index in [-0.39, 0.29) is 12.4 Å². The van der Waals surface area contributed by atoms with E-state index in [9.17, 15) is 22.8 Å². The first-order valence-corrected chi connectivity index (χ1v) is 12.3. The number of hydrogen-bond acceptors (Lipinski definition) is 6. The fourth-order valence-corrected chi connectivity index (χ4v) is 7.17. The van der Waals surface area contributed by atoms with Gasteiger partial charge in [-0.2, -0.15) is 13.2 Å². The molecule has 2 heterocycles. The lowest BCUT2D eigenvalue weighted by molar-refractivity contribution is -0.137. The topological polar surface area (TPSA) is 43.4 Å². The van der Waals surface area contributed by atoms with Gasteiger partial charge in [0, 0.05) is 10.3 Å². The van der Waals surface area contributed by atoms with E-state index in [1.54, 1.807) is 6.92 Å². The summed E-state index contributed by atoms with van der Waals surface area (Å²) in [4.78, 5) is 27.7. The lowest BCUT2D eigenvalue weighted by Gasteiger charge is -2.16. The zero-order valence-electron chi connectivity index (χ0n) is 17.6. The van der Waals surface area contributed by atoms with Gasteiger partial charge < -0.3 is 4.74 Å². The van der Waals surface area contributed by atoms with E-state index in [0.29, 0.717) is 25.6 Å². The number of alkyl halides is 3. The molecule has 0 fully saturated rings. The van der Waals surface area contributed by atoms with Crippen LogP contribution in [0.25, 0.3) is 19.8 Å². The number of ketones is 1. The van der Waals surface area contributed by atoms with Crippen LogP contribution in [0.1, 0.15) is 53.3 Å². The molecule has 0 amide bonds. The summed E-state index contributed by atoms with van der Waals surface area (Å²) in [5, 5.41) is 0. The van der Waals surface area contributed by atoms with Gasteiger partial charge in [0.05, 0.1) is 36.9 Å². The van der Waals surface area contributed by atoms with Gasteiger partial charge in [-0.1, -0.05) is 32.9 Å². The van der Waals surface area contributed by atoms with Gasteiger partial charge in [0.25, 0.3) is 0 Å². The Labute approximate surface area is 190 Å². The number of halogens is 3. The predicted octanol–water partition coefficient (Wildman–Crippen LogP) is 7.78. The summed E-state index contributed by atoms with van der Waals surface area (Å²) in [5.41, 5.74) is -0.539. The van der Waals surface area contributed by atoms with Crippen molar-refractivity contribution in [2.24, 2.45) is 5.41 Å². The number of benzene rings is 1. The van der Waals surface area contributed by atoms with Gasteiger partial charge in [-0.15, -0.1) is 34.4 Å². The van der Waals surface area contributed by atoms with Crippen molar-refractivity contribution in [3.8, 4) is 10.4 Å². The van der Waals surface area contributed by atoms with E-state index in [1.807, 2.05) is 27.0 Å². The summed E-state index contributed by atoms with van der Waals surface area (Å²) in [7, 11) is 0. The normalized spacial score (nSPS) is 12.4. The molecule has 9 heteroatoms. The van der Waals surface area contributed by atoms with E-state index in [0.717, 1.165) is 21.7 Å². The number of carbonyl (C=O) groups excluding carboxylic acids is 2. The Morgan fingerprint density at radius 3 is 2.13 bits per heavy atom. The molecule has 0 aliphatic carbocycles. The number of fused-ring (bicyclic) bond motifs is 1. The van der Waals surface area contributed by atoms with Crippen molar-refractivity contribution in [2.75, 3.05) is 12.9 Å². The Morgan fingerprint density at radius 1 is 1.03 bits per heavy atom. The van der Waals surface area contributed by atoms with Crippen molar-refractivity contribution in [3.05, 3.63) is 40.3 Å². The Morgan fingerprint density at radius 2 is 1.65 bits per heavy atom. The SMILES string of the molecule is CCOC(=O)c1c(-c2ccc(C(F)(F)F)cc2)sc2c(SC)c(C(=O)C(C)(C)C)sc12. The summed E-state index contributed by atoms with van der Waals surface area (Å²) >= 11 is 3.97. The molecule has 0 N–H and O–H groups in total. The number of ether oxygens (including phenoxy) is 1.